The Hall–Kier alpha value is -3.25. The van der Waals surface area contributed by atoms with E-state index in [1.807, 2.05) is 60.7 Å². The van der Waals surface area contributed by atoms with E-state index < -0.39 is 5.91 Å². The van der Waals surface area contributed by atoms with Gasteiger partial charge in [-0.2, -0.15) is 0 Å². The highest BCUT2D eigenvalue weighted by molar-refractivity contribution is 9.10. The summed E-state index contributed by atoms with van der Waals surface area (Å²) in [5, 5.41) is 14.1. The maximum absolute atomic E-state index is 11.3. The standard InChI is InChI=1S/C21H15BrN4O/c22-15-4-3-5-16(12-15)24-21-18-7-2-1-6-17(18)19(25-26-21)13-8-10-14(11-9-13)20(23)27/h1-12H,(H2,23,27)(H,24,26). The van der Waals surface area contributed by atoms with Crippen LogP contribution in [0.2, 0.25) is 0 Å². The molecule has 0 atom stereocenters. The molecule has 1 amide bonds. The predicted molar refractivity (Wildman–Crippen MR) is 111 cm³/mol. The number of primary amides is 1. The second-order valence-corrected chi connectivity index (χ2v) is 6.94. The van der Waals surface area contributed by atoms with Crippen LogP contribution in [-0.4, -0.2) is 16.1 Å². The van der Waals surface area contributed by atoms with Crippen molar-refractivity contribution in [1.82, 2.24) is 10.2 Å². The summed E-state index contributed by atoms with van der Waals surface area (Å²) in [5.41, 5.74) is 8.32. The number of hydrogen-bond acceptors (Lipinski definition) is 4. The number of carbonyl (C=O) groups excluding carboxylic acids is 1. The minimum Gasteiger partial charge on any atom is -0.366 e. The van der Waals surface area contributed by atoms with E-state index in [2.05, 4.69) is 31.4 Å². The topological polar surface area (TPSA) is 80.9 Å². The van der Waals surface area contributed by atoms with Crippen molar-refractivity contribution in [1.29, 1.82) is 0 Å². The summed E-state index contributed by atoms with van der Waals surface area (Å²) in [6.45, 7) is 0. The van der Waals surface area contributed by atoms with Crippen LogP contribution in [-0.2, 0) is 0 Å². The van der Waals surface area contributed by atoms with Crippen molar-refractivity contribution >= 4 is 44.1 Å². The van der Waals surface area contributed by atoms with Gasteiger partial charge >= 0.3 is 0 Å². The number of nitrogens with two attached hydrogens (primary N) is 1. The van der Waals surface area contributed by atoms with Crippen LogP contribution in [0.1, 0.15) is 10.4 Å². The highest BCUT2D eigenvalue weighted by Gasteiger charge is 2.12. The lowest BCUT2D eigenvalue weighted by atomic mass is 10.0. The molecule has 0 spiro atoms. The zero-order valence-corrected chi connectivity index (χ0v) is 15.8. The highest BCUT2D eigenvalue weighted by Crippen LogP contribution is 2.31. The Morgan fingerprint density at radius 3 is 2.33 bits per heavy atom. The van der Waals surface area contributed by atoms with Crippen molar-refractivity contribution in [2.45, 2.75) is 0 Å². The van der Waals surface area contributed by atoms with Crippen LogP contribution in [0.3, 0.4) is 0 Å². The van der Waals surface area contributed by atoms with Crippen molar-refractivity contribution in [3.05, 3.63) is 82.8 Å². The number of halogens is 1. The van der Waals surface area contributed by atoms with E-state index in [0.29, 0.717) is 11.4 Å². The zero-order chi connectivity index (χ0) is 18.8. The number of rotatable bonds is 4. The molecule has 5 nitrogen and oxygen atoms in total. The van der Waals surface area contributed by atoms with Crippen LogP contribution in [0.4, 0.5) is 11.5 Å². The van der Waals surface area contributed by atoms with Gasteiger partial charge in [-0.15, -0.1) is 10.2 Å². The largest absolute Gasteiger partial charge is 0.366 e. The number of aromatic nitrogens is 2. The lowest BCUT2D eigenvalue weighted by molar-refractivity contribution is 0.100. The van der Waals surface area contributed by atoms with Gasteiger partial charge in [0.05, 0.1) is 0 Å². The van der Waals surface area contributed by atoms with Crippen molar-refractivity contribution in [2.24, 2.45) is 5.73 Å². The molecule has 1 aromatic heterocycles. The Morgan fingerprint density at radius 1 is 0.889 bits per heavy atom. The summed E-state index contributed by atoms with van der Waals surface area (Å²) in [4.78, 5) is 11.3. The van der Waals surface area contributed by atoms with Crippen LogP contribution in [0.5, 0.6) is 0 Å². The Bertz CT molecular complexity index is 1140. The van der Waals surface area contributed by atoms with Crippen LogP contribution in [0.15, 0.2) is 77.3 Å². The summed E-state index contributed by atoms with van der Waals surface area (Å²) in [5.74, 6) is 0.229. The van der Waals surface area contributed by atoms with Gasteiger partial charge in [0.1, 0.15) is 5.69 Å². The Morgan fingerprint density at radius 2 is 1.63 bits per heavy atom. The molecular weight excluding hydrogens is 404 g/mol. The molecule has 0 aliphatic rings. The molecule has 6 heteroatoms. The monoisotopic (exact) mass is 418 g/mol. The third kappa shape index (κ3) is 3.52. The second kappa shape index (κ2) is 7.17. The van der Waals surface area contributed by atoms with E-state index in [9.17, 15) is 4.79 Å². The first-order valence-corrected chi connectivity index (χ1v) is 9.09. The minimum atomic E-state index is -0.453. The lowest BCUT2D eigenvalue weighted by Gasteiger charge is -2.11. The molecule has 4 aromatic rings. The van der Waals surface area contributed by atoms with Crippen molar-refractivity contribution < 1.29 is 4.79 Å². The second-order valence-electron chi connectivity index (χ2n) is 6.02. The van der Waals surface area contributed by atoms with E-state index in [4.69, 9.17) is 5.73 Å². The van der Waals surface area contributed by atoms with Crippen LogP contribution in [0, 0.1) is 0 Å². The molecule has 1 heterocycles. The van der Waals surface area contributed by atoms with Gasteiger partial charge in [0.15, 0.2) is 5.82 Å². The number of hydrogen-bond donors (Lipinski definition) is 2. The normalized spacial score (nSPS) is 10.7. The maximum Gasteiger partial charge on any atom is 0.248 e. The first-order valence-electron chi connectivity index (χ1n) is 8.30. The van der Waals surface area contributed by atoms with Crippen LogP contribution >= 0.6 is 15.9 Å². The Labute approximate surface area is 164 Å². The number of anilines is 2. The average Bonchev–Trinajstić information content (AvgIpc) is 2.68. The molecule has 132 valence electrons. The van der Waals surface area contributed by atoms with Gasteiger partial charge in [-0.1, -0.05) is 58.4 Å². The third-order valence-corrected chi connectivity index (χ3v) is 4.71. The van der Waals surface area contributed by atoms with Gasteiger partial charge in [-0.05, 0) is 30.3 Å². The summed E-state index contributed by atoms with van der Waals surface area (Å²) in [6, 6.07) is 22.9. The highest BCUT2D eigenvalue weighted by atomic mass is 79.9. The number of benzene rings is 3. The smallest absolute Gasteiger partial charge is 0.248 e. The van der Waals surface area contributed by atoms with Crippen LogP contribution < -0.4 is 11.1 Å². The summed E-state index contributed by atoms with van der Waals surface area (Å²) in [7, 11) is 0. The van der Waals surface area contributed by atoms with Gasteiger partial charge in [0.2, 0.25) is 5.91 Å². The minimum absolute atomic E-state index is 0.453. The number of fused-ring (bicyclic) bond motifs is 1. The molecule has 0 radical (unpaired) electrons. The van der Waals surface area contributed by atoms with Gasteiger partial charge in [-0.3, -0.25) is 4.79 Å². The molecule has 4 rings (SSSR count). The number of carbonyl (C=O) groups is 1. The molecule has 27 heavy (non-hydrogen) atoms. The molecule has 0 aliphatic carbocycles. The molecule has 0 aliphatic heterocycles. The first-order chi connectivity index (χ1) is 13.1. The Balaban J connectivity index is 1.79. The van der Waals surface area contributed by atoms with Crippen molar-refractivity contribution in [2.75, 3.05) is 5.32 Å². The van der Waals surface area contributed by atoms with E-state index in [1.165, 1.54) is 0 Å². The van der Waals surface area contributed by atoms with E-state index in [-0.39, 0.29) is 0 Å². The zero-order valence-electron chi connectivity index (χ0n) is 14.2. The van der Waals surface area contributed by atoms with Gasteiger partial charge in [0.25, 0.3) is 0 Å². The van der Waals surface area contributed by atoms with Crippen molar-refractivity contribution in [3.63, 3.8) is 0 Å². The number of nitrogens with one attached hydrogen (secondary N) is 1. The molecule has 3 aromatic carbocycles. The molecule has 0 saturated heterocycles. The molecule has 0 bridgehead atoms. The van der Waals surface area contributed by atoms with Gasteiger partial charge in [0, 0.05) is 32.1 Å². The summed E-state index contributed by atoms with van der Waals surface area (Å²) < 4.78 is 0.982. The van der Waals surface area contributed by atoms with Crippen molar-refractivity contribution in [3.8, 4) is 11.3 Å². The average molecular weight is 419 g/mol. The quantitative estimate of drug-likeness (QED) is 0.493. The van der Waals surface area contributed by atoms with E-state index >= 15 is 0 Å². The van der Waals surface area contributed by atoms with Gasteiger partial charge < -0.3 is 11.1 Å². The molecular formula is C21H15BrN4O. The molecule has 0 unspecified atom stereocenters. The fourth-order valence-corrected chi connectivity index (χ4v) is 3.30. The SMILES string of the molecule is NC(=O)c1ccc(-c2nnc(Nc3cccc(Br)c3)c3ccccc23)cc1. The Kier molecular flexibility index (Phi) is 4.56. The van der Waals surface area contributed by atoms with Crippen LogP contribution in [0.25, 0.3) is 22.0 Å². The predicted octanol–water partition coefficient (Wildman–Crippen LogP) is 4.90. The fourth-order valence-electron chi connectivity index (χ4n) is 2.90. The van der Waals surface area contributed by atoms with E-state index in [0.717, 1.165) is 32.2 Å². The molecule has 0 fully saturated rings. The summed E-state index contributed by atoms with van der Waals surface area (Å²) >= 11 is 3.47. The lowest BCUT2D eigenvalue weighted by Crippen LogP contribution is -2.10. The fraction of sp³-hybridized carbons (Fsp3) is 0. The maximum atomic E-state index is 11.3. The molecule has 0 saturated carbocycles. The number of nitrogens with zero attached hydrogens (tertiary/aromatic N) is 2. The van der Waals surface area contributed by atoms with E-state index in [1.54, 1.807) is 12.1 Å². The molecule has 3 N–H and O–H groups in total. The third-order valence-electron chi connectivity index (χ3n) is 4.22. The number of amides is 1. The summed E-state index contributed by atoms with van der Waals surface area (Å²) in [6.07, 6.45) is 0. The van der Waals surface area contributed by atoms with Gasteiger partial charge in [-0.25, -0.2) is 0 Å². The first kappa shape index (κ1) is 17.2.